The number of hydrogen-bond acceptors (Lipinski definition) is 0. The highest BCUT2D eigenvalue weighted by Crippen LogP contribution is 2.37. The van der Waals surface area contributed by atoms with Crippen molar-refractivity contribution in [2.75, 3.05) is 0 Å². The predicted octanol–water partition coefficient (Wildman–Crippen LogP) is 5.73. The Morgan fingerprint density at radius 3 is 1.88 bits per heavy atom. The highest BCUT2D eigenvalue weighted by molar-refractivity contribution is 4.85. The van der Waals surface area contributed by atoms with Crippen LogP contribution in [0.25, 0.3) is 0 Å². The van der Waals surface area contributed by atoms with Crippen molar-refractivity contribution in [3.8, 4) is 0 Å². The van der Waals surface area contributed by atoms with Gasteiger partial charge in [0.25, 0.3) is 0 Å². The zero-order chi connectivity index (χ0) is 12.1. The smallest absolute Gasteiger partial charge is 0.0346 e. The Labute approximate surface area is 103 Å². The second-order valence-electron chi connectivity index (χ2n) is 7.08. The van der Waals surface area contributed by atoms with Gasteiger partial charge in [0.1, 0.15) is 0 Å². The fraction of sp³-hybridized carbons (Fsp3) is 0.875. The van der Waals surface area contributed by atoms with Gasteiger partial charge in [-0.15, -0.1) is 0 Å². The lowest BCUT2D eigenvalue weighted by Crippen LogP contribution is -2.18. The molecule has 0 spiro atoms. The molecule has 0 saturated heterocycles. The number of rotatable bonds is 0. The first-order valence-electron chi connectivity index (χ1n) is 7.06. The fourth-order valence-electron chi connectivity index (χ4n) is 2.50. The van der Waals surface area contributed by atoms with Crippen molar-refractivity contribution in [2.45, 2.75) is 79.1 Å². The van der Waals surface area contributed by atoms with Crippen LogP contribution in [-0.4, -0.2) is 0 Å². The van der Waals surface area contributed by atoms with Gasteiger partial charge in [0, 0.05) is 0 Å². The molecular formula is C16H30. The Bertz CT molecular complexity index is 220. The van der Waals surface area contributed by atoms with Crippen molar-refractivity contribution in [3.63, 3.8) is 0 Å². The van der Waals surface area contributed by atoms with Crippen LogP contribution in [0.1, 0.15) is 79.1 Å². The lowest BCUT2D eigenvalue weighted by atomic mass is 9.74. The van der Waals surface area contributed by atoms with Gasteiger partial charge in [0.2, 0.25) is 0 Å². The first-order chi connectivity index (χ1) is 7.41. The van der Waals surface area contributed by atoms with Gasteiger partial charge in [-0.25, -0.2) is 0 Å². The second-order valence-corrected chi connectivity index (χ2v) is 7.08. The van der Waals surface area contributed by atoms with Crippen molar-refractivity contribution in [2.24, 2.45) is 10.8 Å². The lowest BCUT2D eigenvalue weighted by molar-refractivity contribution is 0.213. The number of allylic oxidation sites excluding steroid dienone is 2. The summed E-state index contributed by atoms with van der Waals surface area (Å²) in [6.07, 6.45) is 15.7. The van der Waals surface area contributed by atoms with Crippen molar-refractivity contribution in [1.82, 2.24) is 0 Å². The highest BCUT2D eigenvalue weighted by Gasteiger charge is 2.23. The Hall–Kier alpha value is -0.260. The summed E-state index contributed by atoms with van der Waals surface area (Å²) >= 11 is 0. The van der Waals surface area contributed by atoms with E-state index < -0.39 is 0 Å². The molecule has 0 unspecified atom stereocenters. The third kappa shape index (κ3) is 5.72. The molecule has 0 atom stereocenters. The van der Waals surface area contributed by atoms with Crippen LogP contribution in [0, 0.1) is 10.8 Å². The molecule has 0 heteroatoms. The third-order valence-corrected chi connectivity index (χ3v) is 4.11. The van der Waals surface area contributed by atoms with Crippen LogP contribution in [0.15, 0.2) is 12.2 Å². The first kappa shape index (κ1) is 13.8. The van der Waals surface area contributed by atoms with Crippen LogP contribution in [0.3, 0.4) is 0 Å². The molecule has 0 fully saturated rings. The molecule has 0 bridgehead atoms. The average molecular weight is 222 g/mol. The molecule has 0 nitrogen and oxygen atoms in total. The van der Waals surface area contributed by atoms with Crippen LogP contribution < -0.4 is 0 Å². The average Bonchev–Trinajstić information content (AvgIpc) is 2.18. The standard InChI is InChI=1S/C16H30/c1-15(2)11-9-7-5-6-8-10-12-16(3,4)14-13-15/h5,7H,6,8-14H2,1-4H3/b7-5-. The molecule has 0 aromatic carbocycles. The van der Waals surface area contributed by atoms with Gasteiger partial charge < -0.3 is 0 Å². The summed E-state index contributed by atoms with van der Waals surface area (Å²) < 4.78 is 0. The normalized spacial score (nSPS) is 28.8. The van der Waals surface area contributed by atoms with Crippen LogP contribution >= 0.6 is 0 Å². The number of hydrogen-bond donors (Lipinski definition) is 0. The van der Waals surface area contributed by atoms with Crippen LogP contribution in [0.4, 0.5) is 0 Å². The van der Waals surface area contributed by atoms with Gasteiger partial charge in [0.15, 0.2) is 0 Å². The first-order valence-corrected chi connectivity index (χ1v) is 7.06. The Morgan fingerprint density at radius 2 is 1.19 bits per heavy atom. The molecule has 0 N–H and O–H groups in total. The van der Waals surface area contributed by atoms with Crippen molar-refractivity contribution < 1.29 is 0 Å². The fourth-order valence-corrected chi connectivity index (χ4v) is 2.50. The van der Waals surface area contributed by atoms with Gasteiger partial charge in [-0.05, 0) is 55.8 Å². The van der Waals surface area contributed by atoms with Crippen molar-refractivity contribution >= 4 is 0 Å². The largest absolute Gasteiger partial charge is 0.0885 e. The van der Waals surface area contributed by atoms with E-state index in [1.54, 1.807) is 0 Å². The Morgan fingerprint density at radius 1 is 0.625 bits per heavy atom. The minimum Gasteiger partial charge on any atom is -0.0885 e. The molecule has 16 heavy (non-hydrogen) atoms. The van der Waals surface area contributed by atoms with E-state index in [9.17, 15) is 0 Å². The van der Waals surface area contributed by atoms with E-state index in [1.165, 1.54) is 51.4 Å². The Balaban J connectivity index is 2.56. The van der Waals surface area contributed by atoms with E-state index in [1.807, 2.05) is 0 Å². The zero-order valence-electron chi connectivity index (χ0n) is 11.8. The van der Waals surface area contributed by atoms with Gasteiger partial charge in [-0.2, -0.15) is 0 Å². The van der Waals surface area contributed by atoms with E-state index in [0.717, 1.165) is 0 Å². The molecule has 0 radical (unpaired) electrons. The minimum atomic E-state index is 0.529. The lowest BCUT2D eigenvalue weighted by Gasteiger charge is -2.31. The second kappa shape index (κ2) is 5.89. The maximum Gasteiger partial charge on any atom is -0.0346 e. The third-order valence-electron chi connectivity index (χ3n) is 4.11. The molecule has 94 valence electrons. The van der Waals surface area contributed by atoms with Crippen LogP contribution in [0.5, 0.6) is 0 Å². The van der Waals surface area contributed by atoms with Gasteiger partial charge >= 0.3 is 0 Å². The van der Waals surface area contributed by atoms with E-state index in [0.29, 0.717) is 10.8 Å². The molecule has 0 aromatic heterocycles. The van der Waals surface area contributed by atoms with Crippen LogP contribution in [0.2, 0.25) is 0 Å². The minimum absolute atomic E-state index is 0.529. The maximum atomic E-state index is 2.45. The van der Waals surface area contributed by atoms with Crippen molar-refractivity contribution in [1.29, 1.82) is 0 Å². The molecule has 0 heterocycles. The quantitative estimate of drug-likeness (QED) is 0.459. The molecule has 0 aliphatic heterocycles. The SMILES string of the molecule is CC1(C)CC/C=C\CCCCC(C)(C)CC1. The zero-order valence-corrected chi connectivity index (χ0v) is 11.8. The van der Waals surface area contributed by atoms with Crippen molar-refractivity contribution in [3.05, 3.63) is 12.2 Å². The monoisotopic (exact) mass is 222 g/mol. The summed E-state index contributed by atoms with van der Waals surface area (Å²) in [5, 5.41) is 0. The summed E-state index contributed by atoms with van der Waals surface area (Å²) in [5.41, 5.74) is 1.08. The molecule has 0 aromatic rings. The van der Waals surface area contributed by atoms with E-state index in [-0.39, 0.29) is 0 Å². The highest BCUT2D eigenvalue weighted by atomic mass is 14.3. The van der Waals surface area contributed by atoms with Gasteiger partial charge in [0.05, 0.1) is 0 Å². The van der Waals surface area contributed by atoms with E-state index in [2.05, 4.69) is 39.8 Å². The maximum absolute atomic E-state index is 2.45. The molecule has 0 amide bonds. The topological polar surface area (TPSA) is 0 Å². The Kier molecular flexibility index (Phi) is 5.08. The van der Waals surface area contributed by atoms with E-state index >= 15 is 0 Å². The molecular weight excluding hydrogens is 192 g/mol. The summed E-state index contributed by atoms with van der Waals surface area (Å²) in [6, 6.07) is 0. The van der Waals surface area contributed by atoms with Gasteiger partial charge in [-0.1, -0.05) is 46.3 Å². The predicted molar refractivity (Wildman–Crippen MR) is 73.6 cm³/mol. The molecule has 1 aliphatic carbocycles. The van der Waals surface area contributed by atoms with Crippen LogP contribution in [-0.2, 0) is 0 Å². The summed E-state index contributed by atoms with van der Waals surface area (Å²) in [6.45, 7) is 9.76. The van der Waals surface area contributed by atoms with E-state index in [4.69, 9.17) is 0 Å². The molecule has 1 aliphatic rings. The van der Waals surface area contributed by atoms with Gasteiger partial charge in [-0.3, -0.25) is 0 Å². The summed E-state index contributed by atoms with van der Waals surface area (Å²) in [5.74, 6) is 0. The molecule has 1 rings (SSSR count). The summed E-state index contributed by atoms with van der Waals surface area (Å²) in [4.78, 5) is 0. The molecule has 0 saturated carbocycles. The summed E-state index contributed by atoms with van der Waals surface area (Å²) in [7, 11) is 0.